The minimum absolute atomic E-state index is 0.243. The number of imidazole rings is 1. The van der Waals surface area contributed by atoms with Gasteiger partial charge in [0, 0.05) is 43.8 Å². The van der Waals surface area contributed by atoms with Crippen LogP contribution in [0, 0.1) is 0 Å². The van der Waals surface area contributed by atoms with Gasteiger partial charge in [-0.25, -0.2) is 9.97 Å². The Bertz CT molecular complexity index is 834. The number of likely N-dealkylation sites (N-methyl/N-ethyl adjacent to an activating group) is 1. The molecule has 27 heavy (non-hydrogen) atoms. The van der Waals surface area contributed by atoms with E-state index in [-0.39, 0.29) is 5.13 Å². The lowest BCUT2D eigenvalue weighted by Crippen LogP contribution is -2.46. The molecule has 2 aromatic heterocycles. The highest BCUT2D eigenvalue weighted by Gasteiger charge is 2.58. The molecule has 0 spiro atoms. The van der Waals surface area contributed by atoms with Gasteiger partial charge in [-0.2, -0.15) is 13.2 Å². The van der Waals surface area contributed by atoms with E-state index >= 15 is 0 Å². The maximum atomic E-state index is 13.5. The average Bonchev–Trinajstić information content (AvgIpc) is 3.18. The summed E-state index contributed by atoms with van der Waals surface area (Å²) < 4.78 is 41.6. The van der Waals surface area contributed by atoms with Crippen LogP contribution in [0.5, 0.6) is 0 Å². The van der Waals surface area contributed by atoms with Gasteiger partial charge in [0.05, 0.1) is 12.1 Å². The number of anilines is 1. The van der Waals surface area contributed by atoms with E-state index in [9.17, 15) is 23.1 Å². The fraction of sp³-hybridized carbons (Fsp3) is 0.562. The fourth-order valence-electron chi connectivity index (χ4n) is 3.04. The Morgan fingerprint density at radius 2 is 2.19 bits per heavy atom. The van der Waals surface area contributed by atoms with Crippen LogP contribution in [0.15, 0.2) is 12.4 Å². The highest BCUT2D eigenvalue weighted by atomic mass is 32.1. The standard InChI is InChI=1S/C16H20F3N5O2S/c1-3-24-6-4-10-11(9-24)27-14(21-10)22-12(25)8-15(26,16(17,18)19)13-20-5-7-23(13)2/h5,7,26H,3-4,6,8-9H2,1-2H3,(H,21,22,25). The number of hydrogen-bond donors (Lipinski definition) is 2. The van der Waals surface area contributed by atoms with Gasteiger partial charge in [-0.15, -0.1) is 11.3 Å². The number of amides is 1. The number of aliphatic hydroxyl groups is 1. The predicted octanol–water partition coefficient (Wildman–Crippen LogP) is 2.03. The zero-order valence-corrected chi connectivity index (χ0v) is 15.7. The third kappa shape index (κ3) is 3.85. The first kappa shape index (κ1) is 19.8. The third-order valence-corrected chi connectivity index (χ3v) is 5.58. The fourth-order valence-corrected chi connectivity index (χ4v) is 4.10. The van der Waals surface area contributed by atoms with E-state index in [1.807, 2.05) is 6.92 Å². The molecule has 7 nitrogen and oxygen atoms in total. The Morgan fingerprint density at radius 1 is 1.44 bits per heavy atom. The molecule has 2 aromatic rings. The molecule has 0 aliphatic carbocycles. The summed E-state index contributed by atoms with van der Waals surface area (Å²) in [6.45, 7) is 4.50. The summed E-state index contributed by atoms with van der Waals surface area (Å²) >= 11 is 1.25. The molecule has 0 fully saturated rings. The number of aromatic nitrogens is 3. The molecule has 0 radical (unpaired) electrons. The van der Waals surface area contributed by atoms with Crippen molar-refractivity contribution in [2.45, 2.75) is 38.1 Å². The van der Waals surface area contributed by atoms with Crippen molar-refractivity contribution in [1.82, 2.24) is 19.4 Å². The number of thiazole rings is 1. The second-order valence-electron chi connectivity index (χ2n) is 6.45. The number of nitrogens with one attached hydrogen (secondary N) is 1. The minimum Gasteiger partial charge on any atom is -0.374 e. The molecule has 2 N–H and O–H groups in total. The quantitative estimate of drug-likeness (QED) is 0.798. The summed E-state index contributed by atoms with van der Waals surface area (Å²) in [6, 6.07) is 0. The summed E-state index contributed by atoms with van der Waals surface area (Å²) in [7, 11) is 1.32. The highest BCUT2D eigenvalue weighted by Crippen LogP contribution is 2.41. The van der Waals surface area contributed by atoms with Gasteiger partial charge < -0.3 is 15.0 Å². The Morgan fingerprint density at radius 3 is 2.78 bits per heavy atom. The summed E-state index contributed by atoms with van der Waals surface area (Å²) in [4.78, 5) is 23.4. The van der Waals surface area contributed by atoms with Gasteiger partial charge in [-0.3, -0.25) is 9.69 Å². The van der Waals surface area contributed by atoms with Crippen LogP contribution in [-0.2, 0) is 30.4 Å². The second kappa shape index (κ2) is 7.21. The summed E-state index contributed by atoms with van der Waals surface area (Å²) in [6.07, 6.45) is -3.12. The molecule has 11 heteroatoms. The molecular formula is C16H20F3N5O2S. The van der Waals surface area contributed by atoms with E-state index in [0.29, 0.717) is 6.54 Å². The van der Waals surface area contributed by atoms with Crippen LogP contribution in [-0.4, -0.2) is 49.7 Å². The summed E-state index contributed by atoms with van der Waals surface area (Å²) in [5, 5.41) is 12.9. The zero-order chi connectivity index (χ0) is 19.8. The number of alkyl halides is 3. The number of rotatable bonds is 5. The Balaban J connectivity index is 1.76. The first-order valence-electron chi connectivity index (χ1n) is 8.41. The molecule has 148 valence electrons. The largest absolute Gasteiger partial charge is 0.425 e. The van der Waals surface area contributed by atoms with Crippen LogP contribution in [0.1, 0.15) is 29.7 Å². The lowest BCUT2D eigenvalue weighted by Gasteiger charge is -2.29. The van der Waals surface area contributed by atoms with Crippen LogP contribution in [0.4, 0.5) is 18.3 Å². The molecule has 3 heterocycles. The highest BCUT2D eigenvalue weighted by molar-refractivity contribution is 7.15. The number of carbonyl (C=O) groups excluding carboxylic acids is 1. The lowest BCUT2D eigenvalue weighted by atomic mass is 9.97. The maximum absolute atomic E-state index is 13.5. The van der Waals surface area contributed by atoms with Gasteiger partial charge >= 0.3 is 6.18 Å². The molecule has 0 saturated carbocycles. The molecule has 1 amide bonds. The number of nitrogens with zero attached hydrogens (tertiary/aromatic N) is 4. The molecular weight excluding hydrogens is 383 g/mol. The van der Waals surface area contributed by atoms with E-state index in [1.165, 1.54) is 24.6 Å². The topological polar surface area (TPSA) is 83.3 Å². The van der Waals surface area contributed by atoms with Crippen LogP contribution in [0.25, 0.3) is 0 Å². The molecule has 0 aromatic carbocycles. The van der Waals surface area contributed by atoms with Crippen molar-refractivity contribution in [3.8, 4) is 0 Å². The van der Waals surface area contributed by atoms with E-state index < -0.39 is 29.9 Å². The van der Waals surface area contributed by atoms with Crippen molar-refractivity contribution in [3.63, 3.8) is 0 Å². The van der Waals surface area contributed by atoms with Crippen molar-refractivity contribution in [1.29, 1.82) is 0 Å². The third-order valence-electron chi connectivity index (χ3n) is 4.58. The summed E-state index contributed by atoms with van der Waals surface area (Å²) in [5.41, 5.74) is -2.53. The van der Waals surface area contributed by atoms with Crippen LogP contribution in [0.2, 0.25) is 0 Å². The molecule has 3 rings (SSSR count). The number of halogens is 3. The lowest BCUT2D eigenvalue weighted by molar-refractivity contribution is -0.270. The van der Waals surface area contributed by atoms with Crippen molar-refractivity contribution >= 4 is 22.4 Å². The number of hydrogen-bond acceptors (Lipinski definition) is 6. The Hall–Kier alpha value is -1.98. The van der Waals surface area contributed by atoms with E-state index in [0.717, 1.165) is 40.8 Å². The van der Waals surface area contributed by atoms with E-state index in [2.05, 4.69) is 20.2 Å². The van der Waals surface area contributed by atoms with Gasteiger partial charge in [0.2, 0.25) is 11.5 Å². The van der Waals surface area contributed by atoms with Crippen LogP contribution >= 0.6 is 11.3 Å². The predicted molar refractivity (Wildman–Crippen MR) is 93.2 cm³/mol. The van der Waals surface area contributed by atoms with Crippen molar-refractivity contribution in [3.05, 3.63) is 28.8 Å². The maximum Gasteiger partial charge on any atom is 0.425 e. The number of fused-ring (bicyclic) bond motifs is 1. The van der Waals surface area contributed by atoms with Crippen LogP contribution < -0.4 is 5.32 Å². The number of carbonyl (C=O) groups is 1. The Kier molecular flexibility index (Phi) is 5.28. The second-order valence-corrected chi connectivity index (χ2v) is 7.54. The smallest absolute Gasteiger partial charge is 0.374 e. The first-order valence-corrected chi connectivity index (χ1v) is 9.23. The van der Waals surface area contributed by atoms with E-state index in [1.54, 1.807) is 0 Å². The molecule has 1 aliphatic rings. The van der Waals surface area contributed by atoms with Crippen molar-refractivity contribution in [2.24, 2.45) is 7.05 Å². The SMILES string of the molecule is CCN1CCc2nc(NC(=O)CC(O)(c3nccn3C)C(F)(F)F)sc2C1. The molecule has 1 aliphatic heterocycles. The normalized spacial score (nSPS) is 17.4. The van der Waals surface area contributed by atoms with Gasteiger partial charge in [0.1, 0.15) is 0 Å². The Labute approximate surface area is 157 Å². The van der Waals surface area contributed by atoms with Crippen molar-refractivity contribution in [2.75, 3.05) is 18.4 Å². The van der Waals surface area contributed by atoms with E-state index in [4.69, 9.17) is 0 Å². The molecule has 0 saturated heterocycles. The van der Waals surface area contributed by atoms with Gasteiger partial charge in [-0.05, 0) is 6.54 Å². The number of aryl methyl sites for hydroxylation is 1. The molecule has 1 unspecified atom stereocenters. The molecule has 0 bridgehead atoms. The van der Waals surface area contributed by atoms with Crippen molar-refractivity contribution < 1.29 is 23.1 Å². The zero-order valence-electron chi connectivity index (χ0n) is 14.9. The average molecular weight is 403 g/mol. The van der Waals surface area contributed by atoms with Gasteiger partial charge in [0.15, 0.2) is 11.0 Å². The van der Waals surface area contributed by atoms with Gasteiger partial charge in [-0.1, -0.05) is 6.92 Å². The molecule has 1 atom stereocenters. The minimum atomic E-state index is -5.06. The van der Waals surface area contributed by atoms with Gasteiger partial charge in [0.25, 0.3) is 0 Å². The summed E-state index contributed by atoms with van der Waals surface area (Å²) in [5.74, 6) is -1.61. The monoisotopic (exact) mass is 403 g/mol. The van der Waals surface area contributed by atoms with Crippen LogP contribution in [0.3, 0.4) is 0 Å². The first-order chi connectivity index (χ1) is 12.6.